The Kier molecular flexibility index (Phi) is 2.94. The van der Waals surface area contributed by atoms with Crippen molar-refractivity contribution in [3.63, 3.8) is 0 Å². The number of fused-ring (bicyclic) bond motifs is 1. The second kappa shape index (κ2) is 4.77. The normalized spacial score (nSPS) is 39.3. The highest BCUT2D eigenvalue weighted by atomic mass is 16.2. The highest BCUT2D eigenvalue weighted by Gasteiger charge is 2.60. The summed E-state index contributed by atoms with van der Waals surface area (Å²) in [5, 5.41) is 4.46. The van der Waals surface area contributed by atoms with Crippen LogP contribution in [0.15, 0.2) is 24.3 Å². The number of amides is 1. The van der Waals surface area contributed by atoms with Gasteiger partial charge >= 0.3 is 0 Å². The van der Waals surface area contributed by atoms with Gasteiger partial charge in [0.05, 0.1) is 11.7 Å². The molecule has 1 aliphatic heterocycles. The van der Waals surface area contributed by atoms with E-state index in [-0.39, 0.29) is 0 Å². The molecule has 1 aromatic carbocycles. The fourth-order valence-electron chi connectivity index (χ4n) is 6.21. The third-order valence-electron chi connectivity index (χ3n) is 7.51. The Morgan fingerprint density at radius 1 is 1.00 bits per heavy atom. The van der Waals surface area contributed by atoms with E-state index in [1.54, 1.807) is 0 Å². The summed E-state index contributed by atoms with van der Waals surface area (Å²) in [4.78, 5) is 13.0. The van der Waals surface area contributed by atoms with Gasteiger partial charge in [0, 0.05) is 0 Å². The quantitative estimate of drug-likeness (QED) is 0.815. The zero-order chi connectivity index (χ0) is 16.6. The van der Waals surface area contributed by atoms with Gasteiger partial charge in [-0.2, -0.15) is 0 Å². The standard InChI is InChI=1S/C21H28N2O/c1-13-6-4-5-7-18(13)23-21(2,3)20(24)22(23)19-9-8-14-10-15-11-16(19)12-17(14)15/h4-7,14-17,19H,8-12H2,1-3H3. The molecule has 1 heterocycles. The zero-order valence-corrected chi connectivity index (χ0v) is 15.0. The molecule has 128 valence electrons. The van der Waals surface area contributed by atoms with E-state index in [1.807, 2.05) is 0 Å². The minimum Gasteiger partial charge on any atom is -0.270 e. The first kappa shape index (κ1) is 14.8. The summed E-state index contributed by atoms with van der Waals surface area (Å²) in [6.45, 7) is 6.30. The molecule has 3 heteroatoms. The van der Waals surface area contributed by atoms with Crippen LogP contribution in [0.25, 0.3) is 0 Å². The summed E-state index contributed by atoms with van der Waals surface area (Å²) in [6.07, 6.45) is 6.72. The molecule has 4 fully saturated rings. The molecule has 0 radical (unpaired) electrons. The molecule has 5 unspecified atom stereocenters. The van der Waals surface area contributed by atoms with Crippen molar-refractivity contribution in [2.45, 2.75) is 64.5 Å². The van der Waals surface area contributed by atoms with Crippen LogP contribution in [-0.2, 0) is 4.79 Å². The number of anilines is 1. The number of carbonyl (C=O) groups is 1. The van der Waals surface area contributed by atoms with Crippen molar-refractivity contribution in [1.82, 2.24) is 5.01 Å². The third kappa shape index (κ3) is 1.76. The maximum atomic E-state index is 13.0. The molecule has 0 spiro atoms. The van der Waals surface area contributed by atoms with Crippen molar-refractivity contribution in [2.24, 2.45) is 23.7 Å². The molecule has 1 aromatic rings. The number of nitrogens with zero attached hydrogens (tertiary/aromatic N) is 2. The SMILES string of the molecule is Cc1ccccc1N1N(C2CCC3CC4CC2CC34)C(=O)C1(C)C. The molecule has 2 bridgehead atoms. The van der Waals surface area contributed by atoms with Gasteiger partial charge in [-0.25, -0.2) is 5.01 Å². The Bertz CT molecular complexity index is 697. The first-order valence-corrected chi connectivity index (χ1v) is 9.68. The first-order chi connectivity index (χ1) is 11.5. The molecule has 0 N–H and O–H groups in total. The minimum atomic E-state index is -0.417. The van der Waals surface area contributed by atoms with Gasteiger partial charge in [0.25, 0.3) is 5.91 Å². The molecule has 1 amide bonds. The third-order valence-corrected chi connectivity index (χ3v) is 7.51. The number of aryl methyl sites for hydroxylation is 1. The number of hydrogen-bond acceptors (Lipinski definition) is 2. The smallest absolute Gasteiger partial charge is 0.268 e. The van der Waals surface area contributed by atoms with E-state index >= 15 is 0 Å². The largest absolute Gasteiger partial charge is 0.270 e. The van der Waals surface area contributed by atoms with Crippen LogP contribution in [0.3, 0.4) is 0 Å². The number of para-hydroxylation sites is 1. The molecule has 24 heavy (non-hydrogen) atoms. The maximum Gasteiger partial charge on any atom is 0.268 e. The maximum absolute atomic E-state index is 13.0. The van der Waals surface area contributed by atoms with Gasteiger partial charge < -0.3 is 0 Å². The highest BCUT2D eigenvalue weighted by Crippen LogP contribution is 2.60. The van der Waals surface area contributed by atoms with Gasteiger partial charge in [0.15, 0.2) is 0 Å². The first-order valence-electron chi connectivity index (χ1n) is 9.68. The second-order valence-corrected chi connectivity index (χ2v) is 9.10. The number of carbonyl (C=O) groups excluding carboxylic acids is 1. The molecule has 3 saturated carbocycles. The molecule has 5 rings (SSSR count). The van der Waals surface area contributed by atoms with E-state index in [4.69, 9.17) is 0 Å². The lowest BCUT2D eigenvalue weighted by atomic mass is 9.64. The summed E-state index contributed by atoms with van der Waals surface area (Å²) in [6, 6.07) is 8.91. The Hall–Kier alpha value is -1.51. The van der Waals surface area contributed by atoms with Crippen LogP contribution in [0.1, 0.15) is 51.5 Å². The van der Waals surface area contributed by atoms with Crippen molar-refractivity contribution >= 4 is 11.6 Å². The van der Waals surface area contributed by atoms with Crippen molar-refractivity contribution in [1.29, 1.82) is 0 Å². The van der Waals surface area contributed by atoms with Crippen molar-refractivity contribution < 1.29 is 4.79 Å². The average Bonchev–Trinajstić information content (AvgIpc) is 2.78. The van der Waals surface area contributed by atoms with Gasteiger partial charge in [-0.15, -0.1) is 0 Å². The van der Waals surface area contributed by atoms with Crippen LogP contribution in [0.2, 0.25) is 0 Å². The summed E-state index contributed by atoms with van der Waals surface area (Å²) in [5.41, 5.74) is 2.04. The molecule has 4 aliphatic rings. The van der Waals surface area contributed by atoms with Crippen LogP contribution in [0, 0.1) is 30.6 Å². The summed E-state index contributed by atoms with van der Waals surface area (Å²) in [5.74, 6) is 3.95. The number of benzene rings is 1. The Balaban J connectivity index is 1.50. The van der Waals surface area contributed by atoms with Crippen molar-refractivity contribution in [3.05, 3.63) is 29.8 Å². The van der Waals surface area contributed by atoms with E-state index in [2.05, 4.69) is 55.1 Å². The average molecular weight is 324 g/mol. The Morgan fingerprint density at radius 2 is 1.75 bits per heavy atom. The number of hydrazine groups is 1. The van der Waals surface area contributed by atoms with Gasteiger partial charge in [-0.3, -0.25) is 9.80 Å². The molecule has 5 atom stereocenters. The van der Waals surface area contributed by atoms with Gasteiger partial charge in [-0.1, -0.05) is 18.2 Å². The van der Waals surface area contributed by atoms with Gasteiger partial charge in [0.1, 0.15) is 5.54 Å². The van der Waals surface area contributed by atoms with Crippen LogP contribution in [0.5, 0.6) is 0 Å². The van der Waals surface area contributed by atoms with E-state index in [9.17, 15) is 4.79 Å². The van der Waals surface area contributed by atoms with Crippen molar-refractivity contribution in [2.75, 3.05) is 5.01 Å². The fourth-order valence-corrected chi connectivity index (χ4v) is 6.21. The number of hydrogen-bond donors (Lipinski definition) is 0. The van der Waals surface area contributed by atoms with Crippen LogP contribution < -0.4 is 5.01 Å². The summed E-state index contributed by atoms with van der Waals surface area (Å²) < 4.78 is 0. The highest BCUT2D eigenvalue weighted by molar-refractivity contribution is 5.98. The number of rotatable bonds is 2. The summed E-state index contributed by atoms with van der Waals surface area (Å²) >= 11 is 0. The molecular weight excluding hydrogens is 296 g/mol. The van der Waals surface area contributed by atoms with E-state index in [0.717, 1.165) is 23.7 Å². The van der Waals surface area contributed by atoms with Crippen LogP contribution >= 0.6 is 0 Å². The lowest BCUT2D eigenvalue weighted by molar-refractivity contribution is -0.158. The van der Waals surface area contributed by atoms with Crippen LogP contribution in [0.4, 0.5) is 5.69 Å². The molecular formula is C21H28N2O. The monoisotopic (exact) mass is 324 g/mol. The lowest BCUT2D eigenvalue weighted by Crippen LogP contribution is -2.78. The van der Waals surface area contributed by atoms with Gasteiger partial charge in [0.2, 0.25) is 0 Å². The Labute approximate surface area is 145 Å². The lowest BCUT2D eigenvalue weighted by Gasteiger charge is -2.60. The molecule has 0 aromatic heterocycles. The zero-order valence-electron chi connectivity index (χ0n) is 15.0. The van der Waals surface area contributed by atoms with Crippen LogP contribution in [-0.4, -0.2) is 22.5 Å². The van der Waals surface area contributed by atoms with Gasteiger partial charge in [-0.05, 0) is 88.2 Å². The molecule has 3 nitrogen and oxygen atoms in total. The fraction of sp³-hybridized carbons (Fsp3) is 0.667. The summed E-state index contributed by atoms with van der Waals surface area (Å²) in [7, 11) is 0. The minimum absolute atomic E-state index is 0.315. The van der Waals surface area contributed by atoms with E-state index in [0.29, 0.717) is 11.9 Å². The predicted octanol–water partition coefficient (Wildman–Crippen LogP) is 4.16. The Morgan fingerprint density at radius 3 is 2.54 bits per heavy atom. The van der Waals surface area contributed by atoms with Crippen molar-refractivity contribution in [3.8, 4) is 0 Å². The molecule has 1 saturated heterocycles. The topological polar surface area (TPSA) is 23.6 Å². The molecule has 3 aliphatic carbocycles. The van der Waals surface area contributed by atoms with E-state index < -0.39 is 5.54 Å². The predicted molar refractivity (Wildman–Crippen MR) is 95.4 cm³/mol. The van der Waals surface area contributed by atoms with E-state index in [1.165, 1.54) is 43.4 Å². The second-order valence-electron chi connectivity index (χ2n) is 9.10.